The standard InChI is InChI=1S/C13H21NO3/c1-9(14)11(6-7-15)10-4-5-12(16-2)13(8-10)17-3/h4-5,8-9,11,15H,6-7,14H2,1-3H3. The second kappa shape index (κ2) is 6.47. The third kappa shape index (κ3) is 3.35. The van der Waals surface area contributed by atoms with Gasteiger partial charge in [-0.05, 0) is 31.0 Å². The molecule has 0 bridgehead atoms. The number of aliphatic hydroxyl groups is 1. The minimum Gasteiger partial charge on any atom is -0.493 e. The van der Waals surface area contributed by atoms with Gasteiger partial charge in [-0.1, -0.05) is 6.07 Å². The summed E-state index contributed by atoms with van der Waals surface area (Å²) in [5, 5.41) is 9.06. The van der Waals surface area contributed by atoms with Crippen molar-refractivity contribution in [2.75, 3.05) is 20.8 Å². The summed E-state index contributed by atoms with van der Waals surface area (Å²) in [6, 6.07) is 5.73. The van der Waals surface area contributed by atoms with E-state index in [1.807, 2.05) is 25.1 Å². The van der Waals surface area contributed by atoms with E-state index in [4.69, 9.17) is 20.3 Å². The van der Waals surface area contributed by atoms with E-state index >= 15 is 0 Å². The molecule has 1 aromatic rings. The predicted molar refractivity (Wildman–Crippen MR) is 67.6 cm³/mol. The Morgan fingerprint density at radius 2 is 1.88 bits per heavy atom. The maximum atomic E-state index is 9.06. The van der Waals surface area contributed by atoms with E-state index in [9.17, 15) is 0 Å². The molecule has 0 fully saturated rings. The molecule has 4 nitrogen and oxygen atoms in total. The van der Waals surface area contributed by atoms with Gasteiger partial charge in [0.05, 0.1) is 14.2 Å². The third-order valence-electron chi connectivity index (χ3n) is 2.91. The zero-order valence-electron chi connectivity index (χ0n) is 10.6. The zero-order chi connectivity index (χ0) is 12.8. The zero-order valence-corrected chi connectivity index (χ0v) is 10.6. The number of ether oxygens (including phenoxy) is 2. The smallest absolute Gasteiger partial charge is 0.160 e. The van der Waals surface area contributed by atoms with Crippen molar-refractivity contribution in [3.8, 4) is 11.5 Å². The minimum atomic E-state index is -0.0137. The minimum absolute atomic E-state index is 0.0137. The monoisotopic (exact) mass is 239 g/mol. The van der Waals surface area contributed by atoms with Crippen LogP contribution in [0.5, 0.6) is 11.5 Å². The maximum Gasteiger partial charge on any atom is 0.160 e. The Bertz CT molecular complexity index is 353. The van der Waals surface area contributed by atoms with Crippen LogP contribution in [0.25, 0.3) is 0 Å². The van der Waals surface area contributed by atoms with Crippen molar-refractivity contribution < 1.29 is 14.6 Å². The van der Waals surface area contributed by atoms with Crippen molar-refractivity contribution in [3.63, 3.8) is 0 Å². The van der Waals surface area contributed by atoms with E-state index in [0.29, 0.717) is 17.9 Å². The van der Waals surface area contributed by atoms with Crippen molar-refractivity contribution >= 4 is 0 Å². The first kappa shape index (κ1) is 13.8. The van der Waals surface area contributed by atoms with Crippen LogP contribution < -0.4 is 15.2 Å². The second-order valence-corrected chi connectivity index (χ2v) is 4.09. The Balaban J connectivity index is 3.03. The van der Waals surface area contributed by atoms with E-state index in [1.165, 1.54) is 0 Å². The molecular weight excluding hydrogens is 218 g/mol. The number of benzene rings is 1. The summed E-state index contributed by atoms with van der Waals surface area (Å²) < 4.78 is 10.4. The average molecular weight is 239 g/mol. The summed E-state index contributed by atoms with van der Waals surface area (Å²) in [6.07, 6.45) is 0.646. The topological polar surface area (TPSA) is 64.7 Å². The van der Waals surface area contributed by atoms with E-state index in [2.05, 4.69) is 0 Å². The summed E-state index contributed by atoms with van der Waals surface area (Å²) in [5.74, 6) is 1.51. The molecular formula is C13H21NO3. The summed E-state index contributed by atoms with van der Waals surface area (Å²) in [6.45, 7) is 2.07. The number of rotatable bonds is 6. The lowest BCUT2D eigenvalue weighted by Gasteiger charge is -2.21. The maximum absolute atomic E-state index is 9.06. The van der Waals surface area contributed by atoms with Gasteiger partial charge in [-0.3, -0.25) is 0 Å². The van der Waals surface area contributed by atoms with E-state index in [1.54, 1.807) is 14.2 Å². The summed E-state index contributed by atoms with van der Waals surface area (Å²) in [4.78, 5) is 0. The Kier molecular flexibility index (Phi) is 5.25. The fraction of sp³-hybridized carbons (Fsp3) is 0.538. The highest BCUT2D eigenvalue weighted by molar-refractivity contribution is 5.44. The Morgan fingerprint density at radius 1 is 1.24 bits per heavy atom. The van der Waals surface area contributed by atoms with Crippen LogP contribution in [0.3, 0.4) is 0 Å². The Labute approximate surface area is 102 Å². The Hall–Kier alpha value is -1.26. The average Bonchev–Trinajstić information content (AvgIpc) is 2.34. The molecule has 2 atom stereocenters. The van der Waals surface area contributed by atoms with Crippen molar-refractivity contribution in [3.05, 3.63) is 23.8 Å². The number of nitrogens with two attached hydrogens (primary N) is 1. The van der Waals surface area contributed by atoms with Gasteiger partial charge in [0.25, 0.3) is 0 Å². The molecule has 0 radical (unpaired) electrons. The molecule has 0 saturated carbocycles. The highest BCUT2D eigenvalue weighted by Crippen LogP contribution is 2.32. The van der Waals surface area contributed by atoms with Crippen LogP contribution in [0.2, 0.25) is 0 Å². The van der Waals surface area contributed by atoms with E-state index in [0.717, 1.165) is 5.56 Å². The number of hydrogen-bond donors (Lipinski definition) is 2. The second-order valence-electron chi connectivity index (χ2n) is 4.09. The molecule has 0 aromatic heterocycles. The molecule has 0 amide bonds. The van der Waals surface area contributed by atoms with Gasteiger partial charge in [0.1, 0.15) is 0 Å². The van der Waals surface area contributed by atoms with Gasteiger partial charge in [-0.25, -0.2) is 0 Å². The molecule has 96 valence electrons. The van der Waals surface area contributed by atoms with Gasteiger partial charge in [-0.15, -0.1) is 0 Å². The van der Waals surface area contributed by atoms with Crippen molar-refractivity contribution in [1.29, 1.82) is 0 Å². The van der Waals surface area contributed by atoms with Crippen LogP contribution in [-0.2, 0) is 0 Å². The summed E-state index contributed by atoms with van der Waals surface area (Å²) in [5.41, 5.74) is 7.00. The molecule has 17 heavy (non-hydrogen) atoms. The fourth-order valence-corrected chi connectivity index (χ4v) is 1.96. The first-order chi connectivity index (χ1) is 8.13. The first-order valence-corrected chi connectivity index (χ1v) is 5.72. The summed E-state index contributed by atoms with van der Waals surface area (Å²) in [7, 11) is 3.21. The number of hydrogen-bond acceptors (Lipinski definition) is 4. The number of aliphatic hydroxyl groups excluding tert-OH is 1. The molecule has 3 N–H and O–H groups in total. The van der Waals surface area contributed by atoms with Crippen LogP contribution >= 0.6 is 0 Å². The molecule has 0 aliphatic carbocycles. The van der Waals surface area contributed by atoms with Crippen LogP contribution in [0.15, 0.2) is 18.2 Å². The quantitative estimate of drug-likeness (QED) is 0.790. The molecule has 4 heteroatoms. The molecule has 0 aliphatic rings. The largest absolute Gasteiger partial charge is 0.493 e. The third-order valence-corrected chi connectivity index (χ3v) is 2.91. The molecule has 1 aromatic carbocycles. The molecule has 0 heterocycles. The molecule has 0 aliphatic heterocycles. The van der Waals surface area contributed by atoms with Gasteiger partial charge in [-0.2, -0.15) is 0 Å². The summed E-state index contributed by atoms with van der Waals surface area (Å²) >= 11 is 0. The van der Waals surface area contributed by atoms with Crippen molar-refractivity contribution in [2.45, 2.75) is 25.3 Å². The van der Waals surface area contributed by atoms with Gasteiger partial charge < -0.3 is 20.3 Å². The fourth-order valence-electron chi connectivity index (χ4n) is 1.96. The van der Waals surface area contributed by atoms with Crippen molar-refractivity contribution in [1.82, 2.24) is 0 Å². The predicted octanol–water partition coefficient (Wildman–Crippen LogP) is 1.52. The van der Waals surface area contributed by atoms with Gasteiger partial charge in [0.15, 0.2) is 11.5 Å². The molecule has 1 rings (SSSR count). The van der Waals surface area contributed by atoms with Crippen molar-refractivity contribution in [2.24, 2.45) is 5.73 Å². The van der Waals surface area contributed by atoms with Gasteiger partial charge in [0.2, 0.25) is 0 Å². The first-order valence-electron chi connectivity index (χ1n) is 5.72. The van der Waals surface area contributed by atoms with E-state index < -0.39 is 0 Å². The highest BCUT2D eigenvalue weighted by Gasteiger charge is 2.17. The van der Waals surface area contributed by atoms with Crippen LogP contribution in [0.4, 0.5) is 0 Å². The van der Waals surface area contributed by atoms with Gasteiger partial charge in [0, 0.05) is 18.6 Å². The lowest BCUT2D eigenvalue weighted by atomic mass is 9.90. The lowest BCUT2D eigenvalue weighted by molar-refractivity contribution is 0.268. The van der Waals surface area contributed by atoms with Crippen LogP contribution in [0.1, 0.15) is 24.8 Å². The lowest BCUT2D eigenvalue weighted by Crippen LogP contribution is -2.25. The van der Waals surface area contributed by atoms with Crippen LogP contribution in [0, 0.1) is 0 Å². The molecule has 0 spiro atoms. The highest BCUT2D eigenvalue weighted by atomic mass is 16.5. The van der Waals surface area contributed by atoms with E-state index in [-0.39, 0.29) is 18.6 Å². The van der Waals surface area contributed by atoms with Gasteiger partial charge >= 0.3 is 0 Å². The SMILES string of the molecule is COc1ccc(C(CCO)C(C)N)cc1OC. The normalized spacial score (nSPS) is 14.2. The van der Waals surface area contributed by atoms with Crippen LogP contribution in [-0.4, -0.2) is 32.0 Å². The molecule has 2 unspecified atom stereocenters. The molecule has 0 saturated heterocycles. The number of methoxy groups -OCH3 is 2. The Morgan fingerprint density at radius 3 is 2.35 bits per heavy atom.